The molecule has 1 aromatic heterocycles. The van der Waals surface area contributed by atoms with E-state index in [1.54, 1.807) is 38.4 Å². The van der Waals surface area contributed by atoms with Crippen molar-refractivity contribution in [2.45, 2.75) is 44.8 Å². The first-order valence-electron chi connectivity index (χ1n) is 12.4. The summed E-state index contributed by atoms with van der Waals surface area (Å²) < 4.78 is 11.1. The molecule has 1 aliphatic heterocycles. The van der Waals surface area contributed by atoms with Gasteiger partial charge in [0.05, 0.1) is 24.3 Å². The lowest BCUT2D eigenvalue weighted by Crippen LogP contribution is -2.54. The number of nitriles is 1. The van der Waals surface area contributed by atoms with Gasteiger partial charge in [-0.3, -0.25) is 9.59 Å². The topological polar surface area (TPSA) is 108 Å². The van der Waals surface area contributed by atoms with E-state index < -0.39 is 0 Å². The van der Waals surface area contributed by atoms with Gasteiger partial charge in [-0.25, -0.2) is 4.98 Å². The fourth-order valence-electron chi connectivity index (χ4n) is 4.57. The first-order valence-corrected chi connectivity index (χ1v) is 12.4. The number of anilines is 1. The van der Waals surface area contributed by atoms with E-state index in [1.165, 1.54) is 0 Å². The number of aromatic nitrogens is 1. The van der Waals surface area contributed by atoms with Crippen LogP contribution in [0.15, 0.2) is 30.3 Å². The van der Waals surface area contributed by atoms with Crippen molar-refractivity contribution in [2.24, 2.45) is 0 Å². The number of nitrogens with zero attached hydrogens (tertiary/aromatic N) is 4. The average Bonchev–Trinajstić information content (AvgIpc) is 3.75. The van der Waals surface area contributed by atoms with Gasteiger partial charge in [-0.05, 0) is 50.1 Å². The Labute approximate surface area is 212 Å². The summed E-state index contributed by atoms with van der Waals surface area (Å²) in [5, 5.41) is 12.5. The predicted octanol–water partition coefficient (Wildman–Crippen LogP) is 2.84. The minimum absolute atomic E-state index is 0.0154. The van der Waals surface area contributed by atoms with Crippen LogP contribution in [0.1, 0.15) is 59.3 Å². The highest BCUT2D eigenvalue weighted by molar-refractivity contribution is 5.94. The summed E-state index contributed by atoms with van der Waals surface area (Å²) in [6.45, 7) is 4.58. The molecule has 0 radical (unpaired) electrons. The summed E-state index contributed by atoms with van der Waals surface area (Å²) in [5.41, 5.74) is 2.97. The third-order valence-corrected chi connectivity index (χ3v) is 6.70. The smallest absolute Gasteiger partial charge is 0.251 e. The lowest BCUT2D eigenvalue weighted by atomic mass is 10.1. The van der Waals surface area contributed by atoms with E-state index in [0.29, 0.717) is 67.9 Å². The van der Waals surface area contributed by atoms with Gasteiger partial charge in [-0.1, -0.05) is 0 Å². The Morgan fingerprint density at radius 2 is 1.97 bits per heavy atom. The summed E-state index contributed by atoms with van der Waals surface area (Å²) in [6.07, 6.45) is 2.52. The zero-order valence-corrected chi connectivity index (χ0v) is 21.1. The van der Waals surface area contributed by atoms with Gasteiger partial charge in [-0.2, -0.15) is 5.26 Å². The van der Waals surface area contributed by atoms with E-state index in [0.717, 1.165) is 24.1 Å². The fraction of sp³-hybridized carbons (Fsp3) is 0.481. The standard InChI is InChI=1S/C27H33N5O4/c1-18-16-31(11-12-32(18)24(33)10-13-35-3)26-21(15-28)14-22(25(30-26)19-4-5-19)17-36-23-8-6-20(7-9-23)27(34)29-2/h6-9,14,18-19H,4-5,10-13,16-17H2,1-3H3,(H,29,34). The maximum atomic E-state index is 12.5. The van der Waals surface area contributed by atoms with Crippen molar-refractivity contribution >= 4 is 17.6 Å². The largest absolute Gasteiger partial charge is 0.489 e. The second-order valence-corrected chi connectivity index (χ2v) is 9.31. The van der Waals surface area contributed by atoms with Crippen molar-refractivity contribution in [3.8, 4) is 11.8 Å². The van der Waals surface area contributed by atoms with Crippen molar-refractivity contribution < 1.29 is 19.1 Å². The molecule has 9 heteroatoms. The lowest BCUT2D eigenvalue weighted by Gasteiger charge is -2.41. The molecule has 0 bridgehead atoms. The average molecular weight is 492 g/mol. The number of amides is 2. The molecular weight excluding hydrogens is 458 g/mol. The Balaban J connectivity index is 1.50. The highest BCUT2D eigenvalue weighted by Crippen LogP contribution is 2.42. The number of carbonyl (C=O) groups is 2. The van der Waals surface area contributed by atoms with Crippen LogP contribution in [0.3, 0.4) is 0 Å². The number of piperazine rings is 1. The van der Waals surface area contributed by atoms with Crippen molar-refractivity contribution in [1.82, 2.24) is 15.2 Å². The van der Waals surface area contributed by atoms with E-state index in [9.17, 15) is 14.9 Å². The van der Waals surface area contributed by atoms with Crippen LogP contribution in [-0.4, -0.2) is 68.1 Å². The number of rotatable bonds is 9. The fourth-order valence-corrected chi connectivity index (χ4v) is 4.57. The van der Waals surface area contributed by atoms with Crippen LogP contribution in [0, 0.1) is 11.3 Å². The number of nitrogens with one attached hydrogen (secondary N) is 1. The van der Waals surface area contributed by atoms with Gasteiger partial charge in [0, 0.05) is 56.9 Å². The number of ether oxygens (including phenoxy) is 2. The number of pyridine rings is 1. The molecular formula is C27H33N5O4. The minimum Gasteiger partial charge on any atom is -0.489 e. The molecule has 9 nitrogen and oxygen atoms in total. The van der Waals surface area contributed by atoms with Crippen molar-refractivity contribution in [3.05, 3.63) is 52.7 Å². The number of methoxy groups -OCH3 is 1. The third-order valence-electron chi connectivity index (χ3n) is 6.70. The quantitative estimate of drug-likeness (QED) is 0.575. The Kier molecular flexibility index (Phi) is 8.06. The van der Waals surface area contributed by atoms with Gasteiger partial charge in [0.25, 0.3) is 5.91 Å². The van der Waals surface area contributed by atoms with Crippen LogP contribution < -0.4 is 15.0 Å². The zero-order chi connectivity index (χ0) is 25.7. The Morgan fingerprint density at radius 3 is 2.58 bits per heavy atom. The lowest BCUT2D eigenvalue weighted by molar-refractivity contribution is -0.134. The molecule has 2 heterocycles. The molecule has 4 rings (SSSR count). The van der Waals surface area contributed by atoms with Crippen molar-refractivity contribution in [1.29, 1.82) is 5.26 Å². The maximum absolute atomic E-state index is 12.5. The predicted molar refractivity (Wildman–Crippen MR) is 135 cm³/mol. The summed E-state index contributed by atoms with van der Waals surface area (Å²) in [6, 6.07) is 11.2. The number of hydrogen-bond donors (Lipinski definition) is 1. The summed E-state index contributed by atoms with van der Waals surface area (Å²) in [4.78, 5) is 33.3. The molecule has 36 heavy (non-hydrogen) atoms. The van der Waals surface area contributed by atoms with Gasteiger partial charge in [0.2, 0.25) is 5.91 Å². The second kappa shape index (κ2) is 11.4. The van der Waals surface area contributed by atoms with E-state index in [-0.39, 0.29) is 17.9 Å². The van der Waals surface area contributed by atoms with Gasteiger partial charge in [0.1, 0.15) is 24.2 Å². The highest BCUT2D eigenvalue weighted by Gasteiger charge is 2.32. The summed E-state index contributed by atoms with van der Waals surface area (Å²) in [5.74, 6) is 1.65. The first-order chi connectivity index (χ1) is 17.4. The van der Waals surface area contributed by atoms with Crippen LogP contribution in [0.4, 0.5) is 5.82 Å². The molecule has 1 saturated heterocycles. The van der Waals surface area contributed by atoms with Crippen LogP contribution in [0.5, 0.6) is 5.75 Å². The van der Waals surface area contributed by atoms with Gasteiger partial charge in [0.15, 0.2) is 0 Å². The molecule has 1 aliphatic carbocycles. The van der Waals surface area contributed by atoms with Gasteiger partial charge < -0.3 is 24.6 Å². The SMILES string of the molecule is CNC(=O)c1ccc(OCc2cc(C#N)c(N3CCN(C(=O)CCOC)C(C)C3)nc2C2CC2)cc1. The zero-order valence-electron chi connectivity index (χ0n) is 21.1. The summed E-state index contributed by atoms with van der Waals surface area (Å²) >= 11 is 0. The Morgan fingerprint density at radius 1 is 1.22 bits per heavy atom. The molecule has 190 valence electrons. The monoisotopic (exact) mass is 491 g/mol. The molecule has 2 aliphatic rings. The third kappa shape index (κ3) is 5.77. The molecule has 2 amide bonds. The van der Waals surface area contributed by atoms with E-state index in [2.05, 4.69) is 16.3 Å². The van der Waals surface area contributed by atoms with Crippen molar-refractivity contribution in [3.63, 3.8) is 0 Å². The molecule has 0 spiro atoms. The number of carbonyl (C=O) groups excluding carboxylic acids is 2. The van der Waals surface area contributed by atoms with Crippen LogP contribution in [-0.2, 0) is 16.1 Å². The van der Waals surface area contributed by atoms with E-state index in [4.69, 9.17) is 14.5 Å². The van der Waals surface area contributed by atoms with Crippen LogP contribution in [0.2, 0.25) is 0 Å². The highest BCUT2D eigenvalue weighted by atomic mass is 16.5. The molecule has 1 aromatic carbocycles. The van der Waals surface area contributed by atoms with E-state index >= 15 is 0 Å². The number of hydrogen-bond acceptors (Lipinski definition) is 7. The Hall–Kier alpha value is -3.64. The van der Waals surface area contributed by atoms with Crippen molar-refractivity contribution in [2.75, 3.05) is 45.3 Å². The molecule has 2 fully saturated rings. The van der Waals surface area contributed by atoms with Gasteiger partial charge in [-0.15, -0.1) is 0 Å². The molecule has 1 saturated carbocycles. The molecule has 2 aromatic rings. The molecule has 1 unspecified atom stereocenters. The second-order valence-electron chi connectivity index (χ2n) is 9.31. The first kappa shape index (κ1) is 25.5. The summed E-state index contributed by atoms with van der Waals surface area (Å²) in [7, 11) is 3.19. The minimum atomic E-state index is -0.148. The van der Waals surface area contributed by atoms with Gasteiger partial charge >= 0.3 is 0 Å². The van der Waals surface area contributed by atoms with E-state index in [1.807, 2.05) is 17.9 Å². The normalized spacial score (nSPS) is 17.4. The van der Waals surface area contributed by atoms with Crippen LogP contribution >= 0.6 is 0 Å². The Bertz CT molecular complexity index is 1140. The van der Waals surface area contributed by atoms with Crippen LogP contribution in [0.25, 0.3) is 0 Å². The maximum Gasteiger partial charge on any atom is 0.251 e. The number of benzene rings is 1. The molecule has 1 atom stereocenters. The molecule has 1 N–H and O–H groups in total.